The van der Waals surface area contributed by atoms with Gasteiger partial charge in [0, 0.05) is 16.5 Å². The molecule has 2 aromatic rings. The minimum absolute atomic E-state index is 0.344. The Morgan fingerprint density at radius 1 is 1.33 bits per heavy atom. The van der Waals surface area contributed by atoms with Crippen molar-refractivity contribution in [1.82, 2.24) is 5.16 Å². The van der Waals surface area contributed by atoms with Crippen LogP contribution in [0.3, 0.4) is 0 Å². The van der Waals surface area contributed by atoms with Gasteiger partial charge in [0.05, 0.1) is 0 Å². The van der Waals surface area contributed by atoms with Crippen LogP contribution in [-0.4, -0.2) is 11.4 Å². The maximum Gasteiger partial charge on any atom is 0.222 e. The standard InChI is InChI=1S/C11H12N2OS/c1-7-3-4-8(5-10(7)15-2)9-6-11(12)14-13-9/h3-6H,12H2,1-2H3. The summed E-state index contributed by atoms with van der Waals surface area (Å²) >= 11 is 1.72. The molecular formula is C11H12N2OS. The van der Waals surface area contributed by atoms with Gasteiger partial charge in [-0.2, -0.15) is 0 Å². The fraction of sp³-hybridized carbons (Fsp3) is 0.182. The van der Waals surface area contributed by atoms with Crippen molar-refractivity contribution in [3.05, 3.63) is 29.8 Å². The summed E-state index contributed by atoms with van der Waals surface area (Å²) in [5, 5.41) is 3.88. The average molecular weight is 220 g/mol. The van der Waals surface area contributed by atoms with E-state index in [0.717, 1.165) is 11.3 Å². The van der Waals surface area contributed by atoms with Gasteiger partial charge >= 0.3 is 0 Å². The number of thioether (sulfide) groups is 1. The summed E-state index contributed by atoms with van der Waals surface area (Å²) < 4.78 is 4.84. The molecule has 0 amide bonds. The van der Waals surface area contributed by atoms with Gasteiger partial charge in [0.25, 0.3) is 0 Å². The molecular weight excluding hydrogens is 208 g/mol. The first-order valence-corrected chi connectivity index (χ1v) is 5.80. The zero-order chi connectivity index (χ0) is 10.8. The van der Waals surface area contributed by atoms with Gasteiger partial charge in [0.2, 0.25) is 5.88 Å². The summed E-state index contributed by atoms with van der Waals surface area (Å²) in [5.74, 6) is 0.344. The van der Waals surface area contributed by atoms with E-state index in [-0.39, 0.29) is 0 Å². The van der Waals surface area contributed by atoms with Crippen LogP contribution in [0.1, 0.15) is 5.56 Å². The third-order valence-electron chi connectivity index (χ3n) is 2.23. The Kier molecular flexibility index (Phi) is 2.68. The fourth-order valence-corrected chi connectivity index (χ4v) is 2.04. The number of nitrogens with zero attached hydrogens (tertiary/aromatic N) is 1. The van der Waals surface area contributed by atoms with E-state index in [9.17, 15) is 0 Å². The lowest BCUT2D eigenvalue weighted by atomic mass is 10.1. The molecule has 78 valence electrons. The normalized spacial score (nSPS) is 10.5. The van der Waals surface area contributed by atoms with Crippen molar-refractivity contribution in [2.45, 2.75) is 11.8 Å². The fourth-order valence-electron chi connectivity index (χ4n) is 1.40. The first kappa shape index (κ1) is 10.1. The van der Waals surface area contributed by atoms with Crippen molar-refractivity contribution in [3.8, 4) is 11.3 Å². The van der Waals surface area contributed by atoms with Crippen LogP contribution >= 0.6 is 11.8 Å². The highest BCUT2D eigenvalue weighted by Gasteiger charge is 2.06. The van der Waals surface area contributed by atoms with Gasteiger partial charge < -0.3 is 10.3 Å². The summed E-state index contributed by atoms with van der Waals surface area (Å²) in [5.41, 5.74) is 8.56. The van der Waals surface area contributed by atoms with Crippen molar-refractivity contribution in [2.24, 2.45) is 0 Å². The lowest BCUT2D eigenvalue weighted by molar-refractivity contribution is 0.439. The van der Waals surface area contributed by atoms with Gasteiger partial charge in [-0.15, -0.1) is 11.8 Å². The number of rotatable bonds is 2. The van der Waals surface area contributed by atoms with Crippen LogP contribution in [0.4, 0.5) is 5.88 Å². The van der Waals surface area contributed by atoms with Crippen molar-refractivity contribution < 1.29 is 4.52 Å². The number of benzene rings is 1. The second-order valence-electron chi connectivity index (χ2n) is 3.30. The molecule has 3 nitrogen and oxygen atoms in total. The summed E-state index contributed by atoms with van der Waals surface area (Å²) in [6.45, 7) is 2.09. The molecule has 2 N–H and O–H groups in total. The Bertz CT molecular complexity index is 479. The first-order chi connectivity index (χ1) is 7.20. The molecule has 0 saturated carbocycles. The molecule has 0 spiro atoms. The predicted octanol–water partition coefficient (Wildman–Crippen LogP) is 2.95. The van der Waals surface area contributed by atoms with Crippen molar-refractivity contribution in [1.29, 1.82) is 0 Å². The van der Waals surface area contributed by atoms with Crippen LogP contribution in [-0.2, 0) is 0 Å². The maximum atomic E-state index is 5.48. The minimum Gasteiger partial charge on any atom is -0.368 e. The molecule has 4 heteroatoms. The molecule has 0 radical (unpaired) electrons. The Morgan fingerprint density at radius 3 is 2.73 bits per heavy atom. The highest BCUT2D eigenvalue weighted by atomic mass is 32.2. The predicted molar refractivity (Wildman–Crippen MR) is 62.9 cm³/mol. The molecule has 0 unspecified atom stereocenters. The van der Waals surface area contributed by atoms with E-state index >= 15 is 0 Å². The van der Waals surface area contributed by atoms with Crippen LogP contribution in [0.25, 0.3) is 11.3 Å². The van der Waals surface area contributed by atoms with Crippen molar-refractivity contribution in [3.63, 3.8) is 0 Å². The lowest BCUT2D eigenvalue weighted by Gasteiger charge is -2.03. The molecule has 0 bridgehead atoms. The molecule has 1 aromatic heterocycles. The van der Waals surface area contributed by atoms with Gasteiger partial charge in [-0.25, -0.2) is 0 Å². The number of hydrogen-bond donors (Lipinski definition) is 1. The van der Waals surface area contributed by atoms with E-state index in [1.54, 1.807) is 17.8 Å². The second kappa shape index (κ2) is 3.98. The molecule has 0 atom stereocenters. The second-order valence-corrected chi connectivity index (χ2v) is 4.15. The third-order valence-corrected chi connectivity index (χ3v) is 3.11. The number of anilines is 1. The van der Waals surface area contributed by atoms with E-state index in [2.05, 4.69) is 30.5 Å². The van der Waals surface area contributed by atoms with Crippen molar-refractivity contribution in [2.75, 3.05) is 12.0 Å². The van der Waals surface area contributed by atoms with Gasteiger partial charge in [-0.3, -0.25) is 0 Å². The van der Waals surface area contributed by atoms with Gasteiger partial charge in [-0.05, 0) is 24.8 Å². The summed E-state index contributed by atoms with van der Waals surface area (Å²) in [6, 6.07) is 7.92. The van der Waals surface area contributed by atoms with Gasteiger partial charge in [-0.1, -0.05) is 17.3 Å². The molecule has 2 rings (SSSR count). The lowest BCUT2D eigenvalue weighted by Crippen LogP contribution is -1.82. The van der Waals surface area contributed by atoms with Crippen LogP contribution in [0, 0.1) is 6.92 Å². The van der Waals surface area contributed by atoms with Crippen molar-refractivity contribution >= 4 is 17.6 Å². The summed E-state index contributed by atoms with van der Waals surface area (Å²) in [4.78, 5) is 1.24. The SMILES string of the molecule is CSc1cc(-c2cc(N)on2)ccc1C. The quantitative estimate of drug-likeness (QED) is 0.790. The van der Waals surface area contributed by atoms with E-state index < -0.39 is 0 Å². The molecule has 1 heterocycles. The molecule has 0 fully saturated rings. The van der Waals surface area contributed by atoms with E-state index in [4.69, 9.17) is 10.3 Å². The Labute approximate surface area is 92.6 Å². The first-order valence-electron chi connectivity index (χ1n) is 4.58. The van der Waals surface area contributed by atoms with E-state index in [1.165, 1.54) is 10.5 Å². The smallest absolute Gasteiger partial charge is 0.222 e. The van der Waals surface area contributed by atoms with Crippen LogP contribution < -0.4 is 5.73 Å². The largest absolute Gasteiger partial charge is 0.368 e. The molecule has 0 aliphatic heterocycles. The number of nitrogen functional groups attached to an aromatic ring is 1. The van der Waals surface area contributed by atoms with Crippen LogP contribution in [0.2, 0.25) is 0 Å². The summed E-state index contributed by atoms with van der Waals surface area (Å²) in [7, 11) is 0. The molecule has 1 aromatic carbocycles. The molecule has 15 heavy (non-hydrogen) atoms. The van der Waals surface area contributed by atoms with Gasteiger partial charge in [0.1, 0.15) is 5.69 Å². The molecule has 0 aliphatic rings. The number of aromatic nitrogens is 1. The third kappa shape index (κ3) is 1.99. The van der Waals surface area contributed by atoms with Crippen LogP contribution in [0.5, 0.6) is 0 Å². The molecule has 0 saturated heterocycles. The number of nitrogens with two attached hydrogens (primary N) is 1. The minimum atomic E-state index is 0.344. The monoisotopic (exact) mass is 220 g/mol. The topological polar surface area (TPSA) is 52.0 Å². The average Bonchev–Trinajstić information content (AvgIpc) is 2.66. The Hall–Kier alpha value is -1.42. The zero-order valence-electron chi connectivity index (χ0n) is 8.65. The summed E-state index contributed by atoms with van der Waals surface area (Å²) in [6.07, 6.45) is 2.06. The van der Waals surface area contributed by atoms with E-state index in [1.807, 2.05) is 6.07 Å². The Balaban J connectivity index is 2.45. The zero-order valence-corrected chi connectivity index (χ0v) is 9.47. The maximum absolute atomic E-state index is 5.48. The number of hydrogen-bond acceptors (Lipinski definition) is 4. The van der Waals surface area contributed by atoms with E-state index in [0.29, 0.717) is 5.88 Å². The highest BCUT2D eigenvalue weighted by molar-refractivity contribution is 7.98. The molecule has 0 aliphatic carbocycles. The Morgan fingerprint density at radius 2 is 2.13 bits per heavy atom. The van der Waals surface area contributed by atoms with Gasteiger partial charge in [0.15, 0.2) is 0 Å². The van der Waals surface area contributed by atoms with Crippen LogP contribution in [0.15, 0.2) is 33.7 Å². The number of aryl methyl sites for hydroxylation is 1. The highest BCUT2D eigenvalue weighted by Crippen LogP contribution is 2.27.